The predicted octanol–water partition coefficient (Wildman–Crippen LogP) is 2.31. The van der Waals surface area contributed by atoms with E-state index in [1.807, 2.05) is 6.92 Å². The Kier molecular flexibility index (Phi) is 5.38. The van der Waals surface area contributed by atoms with E-state index in [1.165, 1.54) is 24.3 Å². The molecule has 2 N–H and O–H groups in total. The molecule has 8 heteroatoms. The fraction of sp³-hybridized carbons (Fsp3) is 0.333. The van der Waals surface area contributed by atoms with Crippen LogP contribution in [0.3, 0.4) is 0 Å². The Bertz CT molecular complexity index is 784. The fourth-order valence-corrected chi connectivity index (χ4v) is 2.93. The summed E-state index contributed by atoms with van der Waals surface area (Å²) >= 11 is 0. The number of nitrogens with zero attached hydrogens (tertiary/aromatic N) is 1. The lowest BCUT2D eigenvalue weighted by Crippen LogP contribution is -2.24. The van der Waals surface area contributed by atoms with Gasteiger partial charge in [-0.05, 0) is 31.5 Å². The molecule has 0 unspecified atom stereocenters. The van der Waals surface area contributed by atoms with Gasteiger partial charge in [0.25, 0.3) is 15.9 Å². The summed E-state index contributed by atoms with van der Waals surface area (Å²) in [7, 11) is -3.83. The molecule has 0 aliphatic carbocycles. The SMILES string of the molecule is CCCCNC(=O)c1cccc(S(=O)(=O)Nc2cc(C)on2)c1. The summed E-state index contributed by atoms with van der Waals surface area (Å²) < 4.78 is 31.8. The molecular formula is C15H19N3O4S. The van der Waals surface area contributed by atoms with Crippen LogP contribution >= 0.6 is 0 Å². The molecule has 0 fully saturated rings. The number of hydrogen-bond donors (Lipinski definition) is 2. The van der Waals surface area contributed by atoms with Crippen molar-refractivity contribution < 1.29 is 17.7 Å². The van der Waals surface area contributed by atoms with Crippen LogP contribution in [0, 0.1) is 6.92 Å². The van der Waals surface area contributed by atoms with Crippen LogP contribution in [0.5, 0.6) is 0 Å². The number of hydrogen-bond acceptors (Lipinski definition) is 5. The summed E-state index contributed by atoms with van der Waals surface area (Å²) in [6, 6.07) is 7.31. The maximum atomic E-state index is 12.3. The third kappa shape index (κ3) is 4.56. The van der Waals surface area contributed by atoms with Gasteiger partial charge in [-0.2, -0.15) is 0 Å². The second kappa shape index (κ2) is 7.28. The van der Waals surface area contributed by atoms with Crippen molar-refractivity contribution >= 4 is 21.7 Å². The van der Waals surface area contributed by atoms with Gasteiger partial charge in [-0.25, -0.2) is 8.42 Å². The van der Waals surface area contributed by atoms with E-state index < -0.39 is 10.0 Å². The zero-order valence-electron chi connectivity index (χ0n) is 13.0. The van der Waals surface area contributed by atoms with Crippen LogP contribution in [0.1, 0.15) is 35.9 Å². The highest BCUT2D eigenvalue weighted by Gasteiger charge is 2.18. The molecule has 0 radical (unpaired) electrons. The van der Waals surface area contributed by atoms with Gasteiger partial charge in [0.2, 0.25) is 0 Å². The minimum Gasteiger partial charge on any atom is -0.360 e. The van der Waals surface area contributed by atoms with E-state index in [2.05, 4.69) is 15.2 Å². The lowest BCUT2D eigenvalue weighted by molar-refractivity contribution is 0.0953. The third-order valence-corrected chi connectivity index (χ3v) is 4.44. The van der Waals surface area contributed by atoms with Crippen molar-refractivity contribution in [3.05, 3.63) is 41.7 Å². The summed E-state index contributed by atoms with van der Waals surface area (Å²) in [5.41, 5.74) is 0.292. The van der Waals surface area contributed by atoms with Gasteiger partial charge in [-0.3, -0.25) is 9.52 Å². The molecule has 1 aromatic heterocycles. The zero-order valence-corrected chi connectivity index (χ0v) is 13.8. The van der Waals surface area contributed by atoms with Gasteiger partial charge >= 0.3 is 0 Å². The first kappa shape index (κ1) is 17.0. The number of rotatable bonds is 7. The lowest BCUT2D eigenvalue weighted by atomic mass is 10.2. The Morgan fingerprint density at radius 2 is 2.09 bits per heavy atom. The molecule has 2 aromatic rings. The first-order valence-corrected chi connectivity index (χ1v) is 8.75. The molecule has 1 aromatic carbocycles. The number of aromatic nitrogens is 1. The van der Waals surface area contributed by atoms with Crippen molar-refractivity contribution in [3.63, 3.8) is 0 Å². The number of anilines is 1. The highest BCUT2D eigenvalue weighted by molar-refractivity contribution is 7.92. The van der Waals surface area contributed by atoms with E-state index >= 15 is 0 Å². The standard InChI is InChI=1S/C15H19N3O4S/c1-3-4-8-16-15(19)12-6-5-7-13(10-12)23(20,21)18-14-9-11(2)22-17-14/h5-7,9-10H,3-4,8H2,1-2H3,(H,16,19)(H,17,18). The lowest BCUT2D eigenvalue weighted by Gasteiger charge is -2.08. The Morgan fingerprint density at radius 3 is 2.74 bits per heavy atom. The predicted molar refractivity (Wildman–Crippen MR) is 85.7 cm³/mol. The smallest absolute Gasteiger partial charge is 0.263 e. The average Bonchev–Trinajstić information content (AvgIpc) is 2.92. The van der Waals surface area contributed by atoms with Crippen LogP contribution in [0.25, 0.3) is 0 Å². The minimum atomic E-state index is -3.83. The molecular weight excluding hydrogens is 318 g/mol. The van der Waals surface area contributed by atoms with Crippen molar-refractivity contribution in [2.24, 2.45) is 0 Å². The number of aryl methyl sites for hydroxylation is 1. The Morgan fingerprint density at radius 1 is 1.30 bits per heavy atom. The van der Waals surface area contributed by atoms with E-state index in [1.54, 1.807) is 13.0 Å². The second-order valence-electron chi connectivity index (χ2n) is 5.07. The van der Waals surface area contributed by atoms with E-state index in [-0.39, 0.29) is 16.6 Å². The molecule has 0 saturated heterocycles. The number of amides is 1. The van der Waals surface area contributed by atoms with Gasteiger partial charge in [-0.1, -0.05) is 24.6 Å². The highest BCUT2D eigenvalue weighted by Crippen LogP contribution is 2.17. The fourth-order valence-electron chi connectivity index (χ4n) is 1.90. The molecule has 7 nitrogen and oxygen atoms in total. The van der Waals surface area contributed by atoms with Crippen molar-refractivity contribution in [1.82, 2.24) is 10.5 Å². The van der Waals surface area contributed by atoms with Crippen LogP contribution in [0.15, 0.2) is 39.8 Å². The molecule has 0 saturated carbocycles. The van der Waals surface area contributed by atoms with Gasteiger partial charge in [0.1, 0.15) is 5.76 Å². The average molecular weight is 337 g/mol. The van der Waals surface area contributed by atoms with Crippen LogP contribution < -0.4 is 10.0 Å². The van der Waals surface area contributed by atoms with E-state index in [0.717, 1.165) is 12.8 Å². The van der Waals surface area contributed by atoms with Gasteiger partial charge in [0.15, 0.2) is 5.82 Å². The van der Waals surface area contributed by atoms with E-state index in [9.17, 15) is 13.2 Å². The molecule has 2 rings (SSSR count). The third-order valence-electron chi connectivity index (χ3n) is 3.09. The number of benzene rings is 1. The highest BCUT2D eigenvalue weighted by atomic mass is 32.2. The van der Waals surface area contributed by atoms with E-state index in [0.29, 0.717) is 17.9 Å². The summed E-state index contributed by atoms with van der Waals surface area (Å²) in [4.78, 5) is 12.0. The van der Waals surface area contributed by atoms with Crippen molar-refractivity contribution in [3.8, 4) is 0 Å². The van der Waals surface area contributed by atoms with Crippen LogP contribution in [0.2, 0.25) is 0 Å². The Balaban J connectivity index is 2.16. The Labute approximate surface area is 135 Å². The monoisotopic (exact) mass is 337 g/mol. The number of unbranched alkanes of at least 4 members (excludes halogenated alkanes) is 1. The summed E-state index contributed by atoms with van der Waals surface area (Å²) in [5.74, 6) is 0.292. The minimum absolute atomic E-state index is 0.0127. The molecule has 124 valence electrons. The normalized spacial score (nSPS) is 11.2. The second-order valence-corrected chi connectivity index (χ2v) is 6.75. The van der Waals surface area contributed by atoms with Crippen molar-refractivity contribution in [2.75, 3.05) is 11.3 Å². The molecule has 0 aliphatic rings. The zero-order chi connectivity index (χ0) is 16.9. The molecule has 0 atom stereocenters. The number of carbonyl (C=O) groups is 1. The Hall–Kier alpha value is -2.35. The number of carbonyl (C=O) groups excluding carboxylic acids is 1. The maximum Gasteiger partial charge on any atom is 0.263 e. The van der Waals surface area contributed by atoms with Gasteiger partial charge in [0, 0.05) is 18.2 Å². The quantitative estimate of drug-likeness (QED) is 0.755. The molecule has 1 amide bonds. The van der Waals surface area contributed by atoms with Gasteiger partial charge in [0.05, 0.1) is 4.90 Å². The molecule has 0 bridgehead atoms. The largest absolute Gasteiger partial charge is 0.360 e. The molecule has 23 heavy (non-hydrogen) atoms. The van der Waals surface area contributed by atoms with E-state index in [4.69, 9.17) is 4.52 Å². The number of sulfonamides is 1. The topological polar surface area (TPSA) is 101 Å². The van der Waals surface area contributed by atoms with Crippen LogP contribution in [0.4, 0.5) is 5.82 Å². The maximum absolute atomic E-state index is 12.3. The molecule has 0 spiro atoms. The van der Waals surface area contributed by atoms with Crippen LogP contribution in [-0.4, -0.2) is 26.0 Å². The van der Waals surface area contributed by atoms with Gasteiger partial charge in [-0.15, -0.1) is 0 Å². The molecule has 0 aliphatic heterocycles. The van der Waals surface area contributed by atoms with Crippen LogP contribution in [-0.2, 0) is 10.0 Å². The van der Waals surface area contributed by atoms with Crippen molar-refractivity contribution in [1.29, 1.82) is 0 Å². The summed E-state index contributed by atoms with van der Waals surface area (Å²) in [6.07, 6.45) is 1.84. The first-order chi connectivity index (χ1) is 10.9. The summed E-state index contributed by atoms with van der Waals surface area (Å²) in [5, 5.41) is 6.34. The number of nitrogens with one attached hydrogen (secondary N) is 2. The molecule has 1 heterocycles. The van der Waals surface area contributed by atoms with Crippen molar-refractivity contribution in [2.45, 2.75) is 31.6 Å². The summed E-state index contributed by atoms with van der Waals surface area (Å²) in [6.45, 7) is 4.24. The first-order valence-electron chi connectivity index (χ1n) is 7.27. The van der Waals surface area contributed by atoms with Gasteiger partial charge < -0.3 is 9.84 Å².